The molecule has 5 nitrogen and oxygen atoms in total. The number of sulfonamides is 1. The number of fused-ring (bicyclic) bond motifs is 1. The summed E-state index contributed by atoms with van der Waals surface area (Å²) in [5, 5.41) is -0.199. The number of halogens is 2. The largest absolute Gasteiger partial charge is 0.310 e. The predicted molar refractivity (Wildman–Crippen MR) is 105 cm³/mol. The van der Waals surface area contributed by atoms with Gasteiger partial charge < -0.3 is 4.90 Å². The highest BCUT2D eigenvalue weighted by Gasteiger charge is 2.36. The van der Waals surface area contributed by atoms with Crippen LogP contribution in [0.5, 0.6) is 0 Å². The SMILES string of the molecule is CC[C@@H](C(=O)N1CCc2ccccc21)N(c1ccc(F)c(Cl)c1)S(C)(=O)=O. The van der Waals surface area contributed by atoms with E-state index in [1.54, 1.807) is 11.8 Å². The standard InChI is InChI=1S/C19H20ClFN2O3S/c1-3-17(19(24)22-11-10-13-6-4-5-7-18(13)22)23(27(2,25)26)14-8-9-16(21)15(20)12-14/h4-9,12,17H,3,10-11H2,1-2H3/t17-/m0/s1. The highest BCUT2D eigenvalue weighted by atomic mass is 35.5. The van der Waals surface area contributed by atoms with Crippen molar-refractivity contribution >= 4 is 38.9 Å². The van der Waals surface area contributed by atoms with E-state index in [1.165, 1.54) is 12.1 Å². The Morgan fingerprint density at radius 1 is 1.30 bits per heavy atom. The van der Waals surface area contributed by atoms with Crippen molar-refractivity contribution < 1.29 is 17.6 Å². The van der Waals surface area contributed by atoms with Crippen LogP contribution in [0.3, 0.4) is 0 Å². The Morgan fingerprint density at radius 2 is 2.00 bits per heavy atom. The van der Waals surface area contributed by atoms with Gasteiger partial charge in [-0.3, -0.25) is 9.10 Å². The van der Waals surface area contributed by atoms with Gasteiger partial charge in [0, 0.05) is 12.2 Å². The molecule has 0 aromatic heterocycles. The quantitative estimate of drug-likeness (QED) is 0.756. The second-order valence-corrected chi connectivity index (χ2v) is 8.72. The number of hydrogen-bond donors (Lipinski definition) is 0. The summed E-state index contributed by atoms with van der Waals surface area (Å²) in [5.41, 5.74) is 2.01. The molecule has 3 rings (SSSR count). The van der Waals surface area contributed by atoms with Crippen LogP contribution in [-0.4, -0.2) is 33.2 Å². The van der Waals surface area contributed by atoms with Crippen molar-refractivity contribution in [3.63, 3.8) is 0 Å². The van der Waals surface area contributed by atoms with Gasteiger partial charge in [0.1, 0.15) is 11.9 Å². The zero-order valence-corrected chi connectivity index (χ0v) is 16.6. The molecule has 27 heavy (non-hydrogen) atoms. The topological polar surface area (TPSA) is 57.7 Å². The van der Waals surface area contributed by atoms with E-state index >= 15 is 0 Å². The molecule has 0 aliphatic carbocycles. The van der Waals surface area contributed by atoms with Crippen molar-refractivity contribution in [1.82, 2.24) is 0 Å². The minimum atomic E-state index is -3.81. The van der Waals surface area contributed by atoms with Crippen molar-refractivity contribution in [2.24, 2.45) is 0 Å². The molecule has 1 aliphatic rings. The Bertz CT molecular complexity index is 981. The molecule has 1 aliphatic heterocycles. The first-order chi connectivity index (χ1) is 12.7. The summed E-state index contributed by atoms with van der Waals surface area (Å²) < 4.78 is 39.6. The van der Waals surface area contributed by atoms with E-state index in [0.717, 1.165) is 34.3 Å². The number of hydrogen-bond acceptors (Lipinski definition) is 3. The molecule has 0 spiro atoms. The third-order valence-electron chi connectivity index (χ3n) is 4.62. The lowest BCUT2D eigenvalue weighted by Gasteiger charge is -2.33. The van der Waals surface area contributed by atoms with Gasteiger partial charge in [0.2, 0.25) is 10.0 Å². The normalized spacial score (nSPS) is 14.7. The number of carbonyl (C=O) groups is 1. The lowest BCUT2D eigenvalue weighted by molar-refractivity contribution is -0.119. The van der Waals surface area contributed by atoms with E-state index in [0.29, 0.717) is 6.54 Å². The number of amides is 1. The summed E-state index contributed by atoms with van der Waals surface area (Å²) in [7, 11) is -3.81. The summed E-state index contributed by atoms with van der Waals surface area (Å²) in [6, 6.07) is 10.3. The maximum absolute atomic E-state index is 13.5. The van der Waals surface area contributed by atoms with Gasteiger partial charge in [-0.1, -0.05) is 36.7 Å². The van der Waals surface area contributed by atoms with E-state index in [9.17, 15) is 17.6 Å². The van der Waals surface area contributed by atoms with Crippen molar-refractivity contribution in [1.29, 1.82) is 0 Å². The van der Waals surface area contributed by atoms with E-state index in [1.807, 2.05) is 24.3 Å². The minimum Gasteiger partial charge on any atom is -0.310 e. The fraction of sp³-hybridized carbons (Fsp3) is 0.316. The van der Waals surface area contributed by atoms with Gasteiger partial charge in [-0.05, 0) is 42.7 Å². The van der Waals surface area contributed by atoms with Crippen LogP contribution in [0, 0.1) is 5.82 Å². The number of benzene rings is 2. The third kappa shape index (κ3) is 3.80. The van der Waals surface area contributed by atoms with Gasteiger partial charge in [0.15, 0.2) is 0 Å². The average Bonchev–Trinajstić information content (AvgIpc) is 3.04. The maximum atomic E-state index is 13.5. The van der Waals surface area contributed by atoms with Crippen LogP contribution in [0.4, 0.5) is 15.8 Å². The van der Waals surface area contributed by atoms with Crippen LogP contribution >= 0.6 is 11.6 Å². The first kappa shape index (κ1) is 19.6. The first-order valence-electron chi connectivity index (χ1n) is 8.57. The van der Waals surface area contributed by atoms with E-state index in [-0.39, 0.29) is 23.0 Å². The summed E-state index contributed by atoms with van der Waals surface area (Å²) in [5.74, 6) is -0.963. The van der Waals surface area contributed by atoms with Gasteiger partial charge in [-0.25, -0.2) is 12.8 Å². The van der Waals surface area contributed by atoms with Crippen LogP contribution < -0.4 is 9.21 Å². The average molecular weight is 411 g/mol. The van der Waals surface area contributed by atoms with Crippen LogP contribution in [0.25, 0.3) is 0 Å². The lowest BCUT2D eigenvalue weighted by Crippen LogP contribution is -2.50. The highest BCUT2D eigenvalue weighted by Crippen LogP contribution is 2.32. The summed E-state index contributed by atoms with van der Waals surface area (Å²) in [6.07, 6.45) is 2.01. The molecule has 1 amide bonds. The third-order valence-corrected chi connectivity index (χ3v) is 6.09. The van der Waals surface area contributed by atoms with Crippen LogP contribution in [0.15, 0.2) is 42.5 Å². The molecule has 0 N–H and O–H groups in total. The van der Waals surface area contributed by atoms with E-state index in [4.69, 9.17) is 11.6 Å². The Labute approximate surface area is 163 Å². The summed E-state index contributed by atoms with van der Waals surface area (Å²) in [4.78, 5) is 14.9. The highest BCUT2D eigenvalue weighted by molar-refractivity contribution is 7.92. The van der Waals surface area contributed by atoms with Crippen molar-refractivity contribution in [3.05, 3.63) is 58.9 Å². The molecular formula is C19H20ClFN2O3S. The lowest BCUT2D eigenvalue weighted by atomic mass is 10.1. The first-order valence-corrected chi connectivity index (χ1v) is 10.8. The second kappa shape index (κ2) is 7.48. The molecule has 0 fully saturated rings. The molecule has 0 radical (unpaired) electrons. The number of anilines is 2. The fourth-order valence-electron chi connectivity index (χ4n) is 3.41. The molecule has 2 aromatic rings. The number of para-hydroxylation sites is 1. The molecule has 0 saturated carbocycles. The molecule has 2 aromatic carbocycles. The summed E-state index contributed by atoms with van der Waals surface area (Å²) >= 11 is 5.84. The molecule has 8 heteroatoms. The second-order valence-electron chi connectivity index (χ2n) is 6.45. The Hall–Kier alpha value is -2.12. The van der Waals surface area contributed by atoms with Crippen molar-refractivity contribution in [3.8, 4) is 0 Å². The smallest absolute Gasteiger partial charge is 0.250 e. The van der Waals surface area contributed by atoms with Crippen molar-refractivity contribution in [2.45, 2.75) is 25.8 Å². The Kier molecular flexibility index (Phi) is 5.44. The van der Waals surface area contributed by atoms with Gasteiger partial charge >= 0.3 is 0 Å². The van der Waals surface area contributed by atoms with Gasteiger partial charge in [-0.2, -0.15) is 0 Å². The van der Waals surface area contributed by atoms with Crippen molar-refractivity contribution in [2.75, 3.05) is 22.0 Å². The van der Waals surface area contributed by atoms with Gasteiger partial charge in [-0.15, -0.1) is 0 Å². The zero-order valence-electron chi connectivity index (χ0n) is 15.0. The molecule has 144 valence electrons. The van der Waals surface area contributed by atoms with Crippen LogP contribution in [0.1, 0.15) is 18.9 Å². The van der Waals surface area contributed by atoms with Crippen LogP contribution in [-0.2, 0) is 21.2 Å². The molecular weight excluding hydrogens is 391 g/mol. The molecule has 0 bridgehead atoms. The maximum Gasteiger partial charge on any atom is 0.250 e. The zero-order chi connectivity index (χ0) is 19.8. The molecule has 1 atom stereocenters. The molecule has 1 heterocycles. The molecule has 0 saturated heterocycles. The Morgan fingerprint density at radius 3 is 2.63 bits per heavy atom. The predicted octanol–water partition coefficient (Wildman–Crippen LogP) is 3.61. The Balaban J connectivity index is 2.02. The number of rotatable bonds is 5. The van der Waals surface area contributed by atoms with E-state index in [2.05, 4.69) is 0 Å². The number of nitrogens with zero attached hydrogens (tertiary/aromatic N) is 2. The van der Waals surface area contributed by atoms with Crippen LogP contribution in [0.2, 0.25) is 5.02 Å². The molecule has 0 unspecified atom stereocenters. The summed E-state index contributed by atoms with van der Waals surface area (Å²) in [6.45, 7) is 2.24. The number of carbonyl (C=O) groups excluding carboxylic acids is 1. The monoisotopic (exact) mass is 410 g/mol. The minimum absolute atomic E-state index is 0.164. The van der Waals surface area contributed by atoms with Gasteiger partial charge in [0.25, 0.3) is 5.91 Å². The van der Waals surface area contributed by atoms with Gasteiger partial charge in [0.05, 0.1) is 17.0 Å². The fourth-order valence-corrected chi connectivity index (χ4v) is 4.79. The van der Waals surface area contributed by atoms with E-state index < -0.39 is 21.9 Å².